The molecule has 3 aromatic rings. The van der Waals surface area contributed by atoms with Gasteiger partial charge in [0.25, 0.3) is 0 Å². The van der Waals surface area contributed by atoms with Gasteiger partial charge in [-0.2, -0.15) is 0 Å². The van der Waals surface area contributed by atoms with Crippen molar-refractivity contribution in [2.75, 3.05) is 24.3 Å². The van der Waals surface area contributed by atoms with Crippen molar-refractivity contribution in [3.8, 4) is 5.75 Å². The van der Waals surface area contributed by atoms with Gasteiger partial charge >= 0.3 is 0 Å². The first-order chi connectivity index (χ1) is 12.3. The number of methoxy groups -OCH3 is 1. The van der Waals surface area contributed by atoms with Crippen molar-refractivity contribution in [1.29, 1.82) is 0 Å². The predicted octanol–water partition coefficient (Wildman–Crippen LogP) is 4.46. The lowest BCUT2D eigenvalue weighted by Gasteiger charge is -2.13. The maximum Gasteiger partial charge on any atom is 0.170 e. The van der Waals surface area contributed by atoms with Gasteiger partial charge in [0.15, 0.2) is 11.6 Å². The van der Waals surface area contributed by atoms with Crippen LogP contribution in [0.5, 0.6) is 5.75 Å². The Kier molecular flexibility index (Phi) is 5.67. The molecule has 25 heavy (non-hydrogen) atoms. The Balaban J connectivity index is 1.88. The number of aromatic nitrogens is 2. The van der Waals surface area contributed by atoms with E-state index >= 15 is 0 Å². The Labute approximate surface area is 148 Å². The molecule has 0 aliphatic heterocycles. The molecule has 0 radical (unpaired) electrons. The average molecular weight is 336 g/mol. The highest BCUT2D eigenvalue weighted by atomic mass is 16.5. The van der Waals surface area contributed by atoms with Gasteiger partial charge in [0.1, 0.15) is 5.75 Å². The highest BCUT2D eigenvalue weighted by Gasteiger charge is 2.09. The van der Waals surface area contributed by atoms with Crippen molar-refractivity contribution in [3.63, 3.8) is 0 Å². The van der Waals surface area contributed by atoms with Crippen molar-refractivity contribution in [1.82, 2.24) is 9.97 Å². The minimum Gasteiger partial charge on any atom is -0.497 e. The summed E-state index contributed by atoms with van der Waals surface area (Å²) in [6, 6.07) is 16.0. The van der Waals surface area contributed by atoms with E-state index in [4.69, 9.17) is 14.7 Å². The van der Waals surface area contributed by atoms with E-state index in [0.717, 1.165) is 47.8 Å². The molecule has 0 unspecified atom stereocenters. The van der Waals surface area contributed by atoms with Gasteiger partial charge in [-0.15, -0.1) is 0 Å². The van der Waals surface area contributed by atoms with E-state index in [2.05, 4.69) is 29.7 Å². The molecule has 0 aliphatic rings. The first-order valence-electron chi connectivity index (χ1n) is 8.67. The molecule has 1 heterocycles. The fraction of sp³-hybridized carbons (Fsp3) is 0.300. The normalized spacial score (nSPS) is 10.6. The molecule has 1 aromatic heterocycles. The third-order valence-corrected chi connectivity index (χ3v) is 4.00. The molecule has 5 nitrogen and oxygen atoms in total. The van der Waals surface area contributed by atoms with Crippen LogP contribution in [0.1, 0.15) is 25.3 Å². The maximum atomic E-state index is 5.29. The number of rotatable bonds is 8. The van der Waals surface area contributed by atoms with E-state index in [1.165, 1.54) is 5.56 Å². The molecule has 0 saturated carbocycles. The van der Waals surface area contributed by atoms with Crippen molar-refractivity contribution in [2.45, 2.75) is 26.3 Å². The lowest BCUT2D eigenvalue weighted by atomic mass is 10.2. The maximum absolute atomic E-state index is 5.29. The molecule has 2 aromatic carbocycles. The Bertz CT molecular complexity index is 821. The Morgan fingerprint density at radius 3 is 2.44 bits per heavy atom. The summed E-state index contributed by atoms with van der Waals surface area (Å²) >= 11 is 0. The first kappa shape index (κ1) is 17.0. The summed E-state index contributed by atoms with van der Waals surface area (Å²) in [5, 5.41) is 6.81. The molecule has 5 heteroatoms. The van der Waals surface area contributed by atoms with Crippen LogP contribution in [0.15, 0.2) is 48.5 Å². The zero-order chi connectivity index (χ0) is 17.5. The molecule has 0 bridgehead atoms. The number of fused-ring (bicyclic) bond motifs is 1. The number of ether oxygens (including phenoxy) is 1. The van der Waals surface area contributed by atoms with Gasteiger partial charge in [0, 0.05) is 19.2 Å². The second-order valence-electron chi connectivity index (χ2n) is 5.89. The zero-order valence-electron chi connectivity index (χ0n) is 14.7. The van der Waals surface area contributed by atoms with Gasteiger partial charge in [-0.05, 0) is 24.1 Å². The second kappa shape index (κ2) is 8.33. The topological polar surface area (TPSA) is 59.1 Å². The van der Waals surface area contributed by atoms with E-state index < -0.39 is 0 Å². The molecule has 130 valence electrons. The van der Waals surface area contributed by atoms with Gasteiger partial charge in [0.2, 0.25) is 0 Å². The van der Waals surface area contributed by atoms with Crippen LogP contribution in [0.4, 0.5) is 11.6 Å². The zero-order valence-corrected chi connectivity index (χ0v) is 14.7. The van der Waals surface area contributed by atoms with Crippen LogP contribution in [-0.4, -0.2) is 23.6 Å². The largest absolute Gasteiger partial charge is 0.497 e. The minimum atomic E-state index is 0.708. The smallest absolute Gasteiger partial charge is 0.170 e. The average Bonchev–Trinajstić information content (AvgIpc) is 2.66. The van der Waals surface area contributed by atoms with Gasteiger partial charge in [-0.1, -0.05) is 43.7 Å². The Morgan fingerprint density at radius 1 is 0.920 bits per heavy atom. The molecular weight excluding hydrogens is 312 g/mol. The number of hydrogen-bond donors (Lipinski definition) is 2. The van der Waals surface area contributed by atoms with Crippen LogP contribution in [0.25, 0.3) is 11.0 Å². The molecule has 3 rings (SSSR count). The van der Waals surface area contributed by atoms with Crippen LogP contribution < -0.4 is 15.4 Å². The van der Waals surface area contributed by atoms with E-state index in [0.29, 0.717) is 6.54 Å². The highest BCUT2D eigenvalue weighted by Crippen LogP contribution is 2.25. The van der Waals surface area contributed by atoms with Gasteiger partial charge in [0.05, 0.1) is 18.1 Å². The lowest BCUT2D eigenvalue weighted by Crippen LogP contribution is -2.10. The van der Waals surface area contributed by atoms with Crippen LogP contribution >= 0.6 is 0 Å². The molecule has 0 amide bonds. The molecule has 0 fully saturated rings. The summed E-state index contributed by atoms with van der Waals surface area (Å²) in [7, 11) is 1.66. The van der Waals surface area contributed by atoms with Crippen molar-refractivity contribution in [2.24, 2.45) is 0 Å². The van der Waals surface area contributed by atoms with Gasteiger partial charge in [-0.25, -0.2) is 9.97 Å². The van der Waals surface area contributed by atoms with E-state index in [1.54, 1.807) is 7.11 Å². The summed E-state index contributed by atoms with van der Waals surface area (Å²) < 4.78 is 5.29. The van der Waals surface area contributed by atoms with Crippen molar-refractivity contribution < 1.29 is 4.74 Å². The van der Waals surface area contributed by atoms with Crippen LogP contribution in [0.3, 0.4) is 0 Å². The standard InChI is InChI=1S/C20H24N4O/c1-3-4-12-21-19-20(22-14-15-8-6-5-7-9-15)23-17-11-10-16(25-2)13-18(17)24-19/h5-11,13H,3-4,12,14H2,1-2H3,(H,21,24)(H,22,23). The second-order valence-corrected chi connectivity index (χ2v) is 5.89. The molecule has 0 saturated heterocycles. The highest BCUT2D eigenvalue weighted by molar-refractivity contribution is 5.81. The van der Waals surface area contributed by atoms with Crippen LogP contribution in [0.2, 0.25) is 0 Å². The van der Waals surface area contributed by atoms with Gasteiger partial charge in [-0.3, -0.25) is 0 Å². The van der Waals surface area contributed by atoms with Crippen LogP contribution in [-0.2, 0) is 6.54 Å². The fourth-order valence-electron chi connectivity index (χ4n) is 2.57. The number of anilines is 2. The van der Waals surface area contributed by atoms with E-state index in [1.807, 2.05) is 36.4 Å². The molecule has 0 spiro atoms. The number of unbranched alkanes of at least 4 members (excludes halogenated alkanes) is 1. The van der Waals surface area contributed by atoms with Crippen molar-refractivity contribution in [3.05, 3.63) is 54.1 Å². The third kappa shape index (κ3) is 4.38. The van der Waals surface area contributed by atoms with Crippen LogP contribution in [0, 0.1) is 0 Å². The third-order valence-electron chi connectivity index (χ3n) is 4.00. The summed E-state index contributed by atoms with van der Waals surface area (Å²) in [5.74, 6) is 2.34. The number of nitrogens with one attached hydrogen (secondary N) is 2. The molecule has 0 aliphatic carbocycles. The number of hydrogen-bond acceptors (Lipinski definition) is 5. The lowest BCUT2D eigenvalue weighted by molar-refractivity contribution is 0.415. The fourth-order valence-corrected chi connectivity index (χ4v) is 2.57. The molecule has 2 N–H and O–H groups in total. The summed E-state index contributed by atoms with van der Waals surface area (Å²) in [4.78, 5) is 9.50. The first-order valence-corrected chi connectivity index (χ1v) is 8.67. The Morgan fingerprint density at radius 2 is 1.68 bits per heavy atom. The summed E-state index contributed by atoms with van der Waals surface area (Å²) in [5.41, 5.74) is 2.87. The molecular formula is C20H24N4O. The monoisotopic (exact) mass is 336 g/mol. The van der Waals surface area contributed by atoms with E-state index in [-0.39, 0.29) is 0 Å². The van der Waals surface area contributed by atoms with Crippen molar-refractivity contribution >= 4 is 22.7 Å². The summed E-state index contributed by atoms with van der Waals surface area (Å²) in [6.45, 7) is 3.76. The predicted molar refractivity (Wildman–Crippen MR) is 103 cm³/mol. The molecule has 0 atom stereocenters. The number of benzene rings is 2. The quantitative estimate of drug-likeness (QED) is 0.595. The van der Waals surface area contributed by atoms with Gasteiger partial charge < -0.3 is 15.4 Å². The number of nitrogens with zero attached hydrogens (tertiary/aromatic N) is 2. The SMILES string of the molecule is CCCCNc1nc2cc(OC)ccc2nc1NCc1ccccc1. The minimum absolute atomic E-state index is 0.708. The van der Waals surface area contributed by atoms with E-state index in [9.17, 15) is 0 Å². The Hall–Kier alpha value is -2.82. The summed E-state index contributed by atoms with van der Waals surface area (Å²) in [6.07, 6.45) is 2.23.